The Bertz CT molecular complexity index is 804. The lowest BCUT2D eigenvalue weighted by molar-refractivity contribution is -0.121. The Morgan fingerprint density at radius 3 is 2.48 bits per heavy atom. The highest BCUT2D eigenvalue weighted by Crippen LogP contribution is 2.28. The van der Waals surface area contributed by atoms with Crippen molar-refractivity contribution < 1.29 is 9.59 Å². The summed E-state index contributed by atoms with van der Waals surface area (Å²) in [5.41, 5.74) is 2.48. The highest BCUT2D eigenvalue weighted by atomic mass is 35.5. The quantitative estimate of drug-likeness (QED) is 0.908. The molecule has 0 aliphatic carbocycles. The minimum absolute atomic E-state index is 0.0355. The van der Waals surface area contributed by atoms with Crippen molar-refractivity contribution in [2.75, 3.05) is 11.4 Å². The summed E-state index contributed by atoms with van der Waals surface area (Å²) in [4.78, 5) is 27.4. The van der Waals surface area contributed by atoms with Crippen molar-refractivity contribution in [3.8, 4) is 0 Å². The summed E-state index contributed by atoms with van der Waals surface area (Å²) in [6, 6.07) is 14.1. The van der Waals surface area contributed by atoms with Gasteiger partial charge >= 0.3 is 0 Å². The van der Waals surface area contributed by atoms with Gasteiger partial charge < -0.3 is 10.2 Å². The Labute approximate surface area is 152 Å². The lowest BCUT2D eigenvalue weighted by Crippen LogP contribution is -2.51. The van der Waals surface area contributed by atoms with Crippen LogP contribution in [0.4, 0.5) is 5.69 Å². The monoisotopic (exact) mass is 356 g/mol. The molecule has 0 spiro atoms. The number of benzene rings is 2. The van der Waals surface area contributed by atoms with Crippen LogP contribution in [0, 0.1) is 5.92 Å². The molecule has 0 fully saturated rings. The van der Waals surface area contributed by atoms with Crippen molar-refractivity contribution >= 4 is 29.1 Å². The second kappa shape index (κ2) is 7.28. The van der Waals surface area contributed by atoms with E-state index < -0.39 is 6.04 Å². The van der Waals surface area contributed by atoms with Crippen molar-refractivity contribution in [1.82, 2.24) is 5.32 Å². The fourth-order valence-electron chi connectivity index (χ4n) is 3.11. The second-order valence-corrected chi connectivity index (χ2v) is 6.95. The maximum atomic E-state index is 13.1. The minimum atomic E-state index is -0.602. The molecule has 1 aliphatic heterocycles. The Morgan fingerprint density at radius 1 is 1.08 bits per heavy atom. The molecule has 3 rings (SSSR count). The van der Waals surface area contributed by atoms with Crippen LogP contribution in [0.2, 0.25) is 5.02 Å². The molecular formula is C20H21ClN2O2. The zero-order valence-corrected chi connectivity index (χ0v) is 15.1. The first-order chi connectivity index (χ1) is 12.0. The molecule has 0 radical (unpaired) electrons. The molecule has 25 heavy (non-hydrogen) atoms. The molecule has 4 nitrogen and oxygen atoms in total. The Morgan fingerprint density at radius 2 is 1.76 bits per heavy atom. The van der Waals surface area contributed by atoms with Gasteiger partial charge in [-0.1, -0.05) is 55.8 Å². The molecular weight excluding hydrogens is 336 g/mol. The molecule has 0 aromatic heterocycles. The van der Waals surface area contributed by atoms with E-state index in [4.69, 9.17) is 11.6 Å². The molecule has 0 saturated heterocycles. The highest BCUT2D eigenvalue weighted by Gasteiger charge is 2.33. The van der Waals surface area contributed by atoms with Crippen molar-refractivity contribution in [2.24, 2.45) is 5.92 Å². The highest BCUT2D eigenvalue weighted by molar-refractivity contribution is 6.33. The third-order valence-electron chi connectivity index (χ3n) is 4.49. The van der Waals surface area contributed by atoms with Crippen molar-refractivity contribution in [3.63, 3.8) is 0 Å². The van der Waals surface area contributed by atoms with Crippen molar-refractivity contribution in [3.05, 3.63) is 64.7 Å². The van der Waals surface area contributed by atoms with Crippen LogP contribution in [0.15, 0.2) is 48.5 Å². The van der Waals surface area contributed by atoms with Gasteiger partial charge in [-0.15, -0.1) is 0 Å². The summed E-state index contributed by atoms with van der Waals surface area (Å²) < 4.78 is 0. The number of para-hydroxylation sites is 1. The maximum absolute atomic E-state index is 13.1. The number of rotatable bonds is 4. The second-order valence-electron chi connectivity index (χ2n) is 6.54. The van der Waals surface area contributed by atoms with Crippen molar-refractivity contribution in [2.45, 2.75) is 26.3 Å². The molecule has 1 heterocycles. The Balaban J connectivity index is 1.81. The zero-order chi connectivity index (χ0) is 18.0. The summed E-state index contributed by atoms with van der Waals surface area (Å²) >= 11 is 6.10. The van der Waals surface area contributed by atoms with Gasteiger partial charge in [-0.3, -0.25) is 9.59 Å². The Hall–Kier alpha value is -2.33. The van der Waals surface area contributed by atoms with E-state index in [1.165, 1.54) is 0 Å². The first-order valence-corrected chi connectivity index (χ1v) is 8.81. The van der Waals surface area contributed by atoms with Gasteiger partial charge in [-0.05, 0) is 36.1 Å². The van der Waals surface area contributed by atoms with E-state index >= 15 is 0 Å². The number of fused-ring (bicyclic) bond motifs is 1. The number of carbonyl (C=O) groups is 2. The number of nitrogens with one attached hydrogen (secondary N) is 1. The molecule has 0 saturated carbocycles. The molecule has 130 valence electrons. The SMILES string of the molecule is CC(C)[C@@H](NC(=O)c1ccccc1Cl)C(=O)N1CCc2ccccc21. The molecule has 0 bridgehead atoms. The third kappa shape index (κ3) is 3.54. The van der Waals surface area contributed by atoms with Crippen LogP contribution >= 0.6 is 11.6 Å². The van der Waals surface area contributed by atoms with Gasteiger partial charge in [0.15, 0.2) is 0 Å². The average Bonchev–Trinajstić information content (AvgIpc) is 3.03. The molecule has 5 heteroatoms. The maximum Gasteiger partial charge on any atom is 0.253 e. The fourth-order valence-corrected chi connectivity index (χ4v) is 3.33. The zero-order valence-electron chi connectivity index (χ0n) is 14.3. The summed E-state index contributed by atoms with van der Waals surface area (Å²) in [5, 5.41) is 3.24. The number of halogens is 1. The van der Waals surface area contributed by atoms with Crippen LogP contribution in [0.1, 0.15) is 29.8 Å². The standard InChI is InChI=1S/C20H21ClN2O2/c1-13(2)18(22-19(24)15-8-4-5-9-16(15)21)20(25)23-12-11-14-7-3-6-10-17(14)23/h3-10,13,18H,11-12H2,1-2H3,(H,22,24)/t18-/m1/s1. The van der Waals surface area contributed by atoms with Gasteiger partial charge in [0.25, 0.3) is 5.91 Å². The first kappa shape index (κ1) is 17.5. The van der Waals surface area contributed by atoms with E-state index in [-0.39, 0.29) is 17.7 Å². The number of nitrogens with zero attached hydrogens (tertiary/aromatic N) is 1. The molecule has 1 N–H and O–H groups in total. The van der Waals surface area contributed by atoms with Gasteiger partial charge in [0.05, 0.1) is 10.6 Å². The van der Waals surface area contributed by atoms with Crippen molar-refractivity contribution in [1.29, 1.82) is 0 Å². The van der Waals surface area contributed by atoms with E-state index in [1.54, 1.807) is 29.2 Å². The summed E-state index contributed by atoms with van der Waals surface area (Å²) in [6.45, 7) is 4.50. The summed E-state index contributed by atoms with van der Waals surface area (Å²) in [6.07, 6.45) is 0.838. The van der Waals surface area contributed by atoms with Crippen LogP contribution in [-0.2, 0) is 11.2 Å². The van der Waals surface area contributed by atoms with E-state index in [9.17, 15) is 9.59 Å². The predicted molar refractivity (Wildman–Crippen MR) is 100 cm³/mol. The molecule has 2 aromatic carbocycles. The van der Waals surface area contributed by atoms with Gasteiger partial charge in [0.1, 0.15) is 6.04 Å². The lowest BCUT2D eigenvalue weighted by Gasteiger charge is -2.27. The molecule has 2 aromatic rings. The van der Waals surface area contributed by atoms with Crippen LogP contribution in [0.25, 0.3) is 0 Å². The minimum Gasteiger partial charge on any atom is -0.340 e. The number of hydrogen-bond donors (Lipinski definition) is 1. The first-order valence-electron chi connectivity index (χ1n) is 8.43. The third-order valence-corrected chi connectivity index (χ3v) is 4.82. The number of amides is 2. The fraction of sp³-hybridized carbons (Fsp3) is 0.300. The smallest absolute Gasteiger partial charge is 0.253 e. The number of carbonyl (C=O) groups excluding carboxylic acids is 2. The van der Waals surface area contributed by atoms with Gasteiger partial charge in [-0.2, -0.15) is 0 Å². The van der Waals surface area contributed by atoms with Crippen LogP contribution in [-0.4, -0.2) is 24.4 Å². The van der Waals surface area contributed by atoms with E-state index in [0.29, 0.717) is 17.1 Å². The Kier molecular flexibility index (Phi) is 5.09. The summed E-state index contributed by atoms with van der Waals surface area (Å²) in [5.74, 6) is -0.447. The van der Waals surface area contributed by atoms with Gasteiger partial charge in [0, 0.05) is 12.2 Å². The topological polar surface area (TPSA) is 49.4 Å². The molecule has 2 amide bonds. The predicted octanol–water partition coefficient (Wildman–Crippen LogP) is 3.68. The van der Waals surface area contributed by atoms with Crippen LogP contribution < -0.4 is 10.2 Å². The molecule has 1 aliphatic rings. The van der Waals surface area contributed by atoms with Crippen LogP contribution in [0.3, 0.4) is 0 Å². The van der Waals surface area contributed by atoms with E-state index in [2.05, 4.69) is 5.32 Å². The average molecular weight is 357 g/mol. The number of hydrogen-bond acceptors (Lipinski definition) is 2. The van der Waals surface area contributed by atoms with E-state index in [1.807, 2.05) is 38.1 Å². The largest absolute Gasteiger partial charge is 0.340 e. The van der Waals surface area contributed by atoms with Crippen LogP contribution in [0.5, 0.6) is 0 Å². The van der Waals surface area contributed by atoms with Gasteiger partial charge in [-0.25, -0.2) is 0 Å². The molecule has 0 unspecified atom stereocenters. The number of anilines is 1. The summed E-state index contributed by atoms with van der Waals surface area (Å²) in [7, 11) is 0. The van der Waals surface area contributed by atoms with Gasteiger partial charge in [0.2, 0.25) is 5.91 Å². The molecule has 1 atom stereocenters. The van der Waals surface area contributed by atoms with E-state index in [0.717, 1.165) is 17.7 Å². The lowest BCUT2D eigenvalue weighted by atomic mass is 10.0. The normalized spacial score (nSPS) is 14.3.